The number of carbonyl (C=O) groups is 1. The molecule has 19 heavy (non-hydrogen) atoms. The Kier molecular flexibility index (Phi) is 3.93. The Labute approximate surface area is 112 Å². The second-order valence-corrected chi connectivity index (χ2v) is 5.48. The van der Waals surface area contributed by atoms with Crippen molar-refractivity contribution in [3.63, 3.8) is 0 Å². The van der Waals surface area contributed by atoms with Gasteiger partial charge in [0, 0.05) is 17.6 Å². The highest BCUT2D eigenvalue weighted by molar-refractivity contribution is 5.92. The van der Waals surface area contributed by atoms with E-state index in [0.29, 0.717) is 13.2 Å². The third-order valence-corrected chi connectivity index (χ3v) is 3.47. The van der Waals surface area contributed by atoms with Crippen LogP contribution in [-0.4, -0.2) is 36.1 Å². The van der Waals surface area contributed by atoms with Crippen molar-refractivity contribution in [2.24, 2.45) is 5.84 Å². The molecule has 1 amide bonds. The molecule has 0 saturated carbocycles. The van der Waals surface area contributed by atoms with Crippen molar-refractivity contribution in [2.75, 3.05) is 19.8 Å². The number of nitrogens with two attached hydrogens (primary N) is 1. The zero-order chi connectivity index (χ0) is 14.0. The maximum Gasteiger partial charge on any atom is 0.301 e. The lowest BCUT2D eigenvalue weighted by molar-refractivity contribution is -0.0577. The third-order valence-electron chi connectivity index (χ3n) is 3.47. The van der Waals surface area contributed by atoms with Crippen molar-refractivity contribution >= 4 is 5.91 Å². The number of ether oxygens (including phenoxy) is 1. The first-order chi connectivity index (χ1) is 8.94. The molecule has 6 nitrogen and oxygen atoms in total. The Morgan fingerprint density at radius 3 is 2.95 bits per heavy atom. The van der Waals surface area contributed by atoms with Gasteiger partial charge in [0.05, 0.1) is 19.8 Å². The number of nitrogens with one attached hydrogen (secondary N) is 1. The summed E-state index contributed by atoms with van der Waals surface area (Å²) in [6.07, 6.45) is 0. The number of hydrogen-bond donors (Lipinski definition) is 2. The predicted octanol–water partition coefficient (Wildman–Crippen LogP) is 0.802. The second-order valence-electron chi connectivity index (χ2n) is 5.48. The van der Waals surface area contributed by atoms with Crippen molar-refractivity contribution < 1.29 is 13.9 Å². The number of hydrogen-bond acceptors (Lipinski definition) is 5. The van der Waals surface area contributed by atoms with Crippen LogP contribution in [0.25, 0.3) is 0 Å². The van der Waals surface area contributed by atoms with Crippen LogP contribution in [0.3, 0.4) is 0 Å². The molecule has 106 valence electrons. The van der Waals surface area contributed by atoms with E-state index in [1.807, 2.05) is 13.0 Å². The lowest BCUT2D eigenvalue weighted by atomic mass is 10.0. The summed E-state index contributed by atoms with van der Waals surface area (Å²) in [6.45, 7) is 9.04. The summed E-state index contributed by atoms with van der Waals surface area (Å²) in [6, 6.07) is 1.89. The molecule has 6 heteroatoms. The van der Waals surface area contributed by atoms with Crippen molar-refractivity contribution in [3.8, 4) is 0 Å². The van der Waals surface area contributed by atoms with Crippen molar-refractivity contribution in [3.05, 3.63) is 23.2 Å². The highest BCUT2D eigenvalue weighted by Crippen LogP contribution is 2.23. The molecule has 1 aromatic rings. The van der Waals surface area contributed by atoms with Crippen LogP contribution in [0.1, 0.15) is 35.7 Å². The minimum atomic E-state index is -0.398. The lowest BCUT2D eigenvalue weighted by Gasteiger charge is -2.41. The number of aryl methyl sites for hydroxylation is 1. The van der Waals surface area contributed by atoms with E-state index in [0.717, 1.165) is 24.5 Å². The molecule has 0 radical (unpaired) electrons. The molecule has 2 heterocycles. The summed E-state index contributed by atoms with van der Waals surface area (Å²) >= 11 is 0. The van der Waals surface area contributed by atoms with Crippen LogP contribution >= 0.6 is 0 Å². The van der Waals surface area contributed by atoms with E-state index >= 15 is 0 Å². The van der Waals surface area contributed by atoms with Crippen LogP contribution < -0.4 is 11.3 Å². The number of amides is 1. The van der Waals surface area contributed by atoms with E-state index in [9.17, 15) is 4.79 Å². The maximum absolute atomic E-state index is 11.5. The molecule has 2 rings (SSSR count). The average molecular weight is 267 g/mol. The molecule has 1 aliphatic heterocycles. The Bertz CT molecular complexity index is 468. The third kappa shape index (κ3) is 2.97. The topological polar surface area (TPSA) is 80.7 Å². The largest absolute Gasteiger partial charge is 0.454 e. The van der Waals surface area contributed by atoms with Gasteiger partial charge in [0.15, 0.2) is 5.76 Å². The molecule has 0 spiro atoms. The van der Waals surface area contributed by atoms with Crippen LogP contribution in [0.2, 0.25) is 0 Å². The molecular formula is C13H21N3O3. The first-order valence-corrected chi connectivity index (χ1v) is 6.37. The van der Waals surface area contributed by atoms with Crippen molar-refractivity contribution in [1.29, 1.82) is 0 Å². The summed E-state index contributed by atoms with van der Waals surface area (Å²) in [5, 5.41) is 0. The summed E-state index contributed by atoms with van der Waals surface area (Å²) in [5.41, 5.74) is 2.85. The highest BCUT2D eigenvalue weighted by Gasteiger charge is 2.31. The quantitative estimate of drug-likeness (QED) is 0.481. The summed E-state index contributed by atoms with van der Waals surface area (Å²) in [5.74, 6) is 5.78. The summed E-state index contributed by atoms with van der Waals surface area (Å²) < 4.78 is 11.1. The van der Waals surface area contributed by atoms with E-state index < -0.39 is 5.91 Å². The van der Waals surface area contributed by atoms with Crippen LogP contribution in [-0.2, 0) is 11.3 Å². The van der Waals surface area contributed by atoms with Gasteiger partial charge < -0.3 is 9.15 Å². The molecule has 0 bridgehead atoms. The molecule has 1 fully saturated rings. The Balaban J connectivity index is 2.13. The summed E-state index contributed by atoms with van der Waals surface area (Å²) in [7, 11) is 0. The van der Waals surface area contributed by atoms with E-state index in [-0.39, 0.29) is 11.3 Å². The number of rotatable bonds is 3. The Morgan fingerprint density at radius 2 is 2.32 bits per heavy atom. The Morgan fingerprint density at radius 1 is 1.58 bits per heavy atom. The number of nitrogen functional groups attached to an aromatic ring is 1. The smallest absolute Gasteiger partial charge is 0.301 e. The number of carbonyl (C=O) groups excluding carboxylic acids is 1. The first kappa shape index (κ1) is 14.0. The standard InChI is InChI=1S/C13H21N3O3/c1-9-6-10(19-11(9)12(17)15-14)7-16-4-5-18-8-13(16,2)3/h6H,4-5,7-8,14H2,1-3H3,(H,15,17). The minimum absolute atomic E-state index is 0.0325. The molecule has 0 atom stereocenters. The van der Waals surface area contributed by atoms with Gasteiger partial charge in [-0.25, -0.2) is 5.84 Å². The van der Waals surface area contributed by atoms with Crippen LogP contribution in [0.5, 0.6) is 0 Å². The SMILES string of the molecule is Cc1cc(CN2CCOCC2(C)C)oc1C(=O)NN. The predicted molar refractivity (Wildman–Crippen MR) is 70.4 cm³/mol. The molecule has 0 aromatic carbocycles. The molecule has 0 aliphatic carbocycles. The van der Waals surface area contributed by atoms with Crippen LogP contribution in [0.15, 0.2) is 10.5 Å². The van der Waals surface area contributed by atoms with Gasteiger partial charge in [0.25, 0.3) is 0 Å². The van der Waals surface area contributed by atoms with Gasteiger partial charge in [-0.1, -0.05) is 0 Å². The van der Waals surface area contributed by atoms with Gasteiger partial charge in [-0.15, -0.1) is 0 Å². The molecule has 0 unspecified atom stereocenters. The summed E-state index contributed by atoms with van der Waals surface area (Å²) in [4.78, 5) is 13.8. The van der Waals surface area contributed by atoms with Crippen LogP contribution in [0, 0.1) is 6.92 Å². The normalized spacial score (nSPS) is 19.4. The van der Waals surface area contributed by atoms with E-state index in [1.54, 1.807) is 0 Å². The first-order valence-electron chi connectivity index (χ1n) is 6.37. The fraction of sp³-hybridized carbons (Fsp3) is 0.615. The second kappa shape index (κ2) is 5.32. The van der Waals surface area contributed by atoms with E-state index in [4.69, 9.17) is 15.0 Å². The van der Waals surface area contributed by atoms with Crippen molar-refractivity contribution in [2.45, 2.75) is 32.9 Å². The van der Waals surface area contributed by atoms with Gasteiger partial charge in [-0.2, -0.15) is 0 Å². The van der Waals surface area contributed by atoms with E-state index in [2.05, 4.69) is 24.2 Å². The van der Waals surface area contributed by atoms with Crippen molar-refractivity contribution in [1.82, 2.24) is 10.3 Å². The highest BCUT2D eigenvalue weighted by atomic mass is 16.5. The van der Waals surface area contributed by atoms with Gasteiger partial charge in [0.2, 0.25) is 0 Å². The zero-order valence-electron chi connectivity index (χ0n) is 11.7. The number of nitrogens with zero attached hydrogens (tertiary/aromatic N) is 1. The number of morpholine rings is 1. The van der Waals surface area contributed by atoms with Gasteiger partial charge in [-0.05, 0) is 26.8 Å². The maximum atomic E-state index is 11.5. The van der Waals surface area contributed by atoms with Gasteiger partial charge in [-0.3, -0.25) is 15.1 Å². The fourth-order valence-electron chi connectivity index (χ4n) is 2.29. The molecule has 1 saturated heterocycles. The Hall–Kier alpha value is -1.37. The lowest BCUT2D eigenvalue weighted by Crippen LogP contribution is -2.52. The minimum Gasteiger partial charge on any atom is -0.454 e. The monoisotopic (exact) mass is 267 g/mol. The van der Waals surface area contributed by atoms with Crippen LogP contribution in [0.4, 0.5) is 0 Å². The fourth-order valence-corrected chi connectivity index (χ4v) is 2.29. The molecule has 1 aromatic heterocycles. The molecule has 3 N–H and O–H groups in total. The number of hydrazine groups is 1. The molecular weight excluding hydrogens is 246 g/mol. The van der Waals surface area contributed by atoms with Gasteiger partial charge in [0.1, 0.15) is 5.76 Å². The van der Waals surface area contributed by atoms with E-state index in [1.165, 1.54) is 0 Å². The number of furan rings is 1. The van der Waals surface area contributed by atoms with Gasteiger partial charge >= 0.3 is 5.91 Å². The average Bonchev–Trinajstić information content (AvgIpc) is 2.72. The zero-order valence-corrected chi connectivity index (χ0v) is 11.7. The molecule has 1 aliphatic rings.